The lowest BCUT2D eigenvalue weighted by Crippen LogP contribution is -2.35. The molecule has 0 atom stereocenters. The first kappa shape index (κ1) is 11.5. The Kier molecular flexibility index (Phi) is 2.89. The molecule has 2 nitrogen and oxygen atoms in total. The second-order valence-corrected chi connectivity index (χ2v) is 6.55. The number of rotatable bonds is 2. The molecular formula is C14H16INO. The molecule has 1 saturated carbocycles. The van der Waals surface area contributed by atoms with Crippen molar-refractivity contribution in [3.8, 4) is 0 Å². The van der Waals surface area contributed by atoms with Crippen molar-refractivity contribution in [3.05, 3.63) is 27.3 Å². The maximum Gasteiger partial charge on any atom is 0.152 e. The second-order valence-electron chi connectivity index (χ2n) is 5.31. The van der Waals surface area contributed by atoms with Gasteiger partial charge in [-0.25, -0.2) is 0 Å². The van der Waals surface area contributed by atoms with Crippen molar-refractivity contribution in [2.75, 3.05) is 18.0 Å². The van der Waals surface area contributed by atoms with E-state index in [0.29, 0.717) is 5.41 Å². The first-order valence-corrected chi connectivity index (χ1v) is 7.30. The van der Waals surface area contributed by atoms with E-state index < -0.39 is 0 Å². The van der Waals surface area contributed by atoms with Crippen LogP contribution in [0.3, 0.4) is 0 Å². The Bertz CT molecular complexity index is 444. The number of hydrogen-bond acceptors (Lipinski definition) is 2. The van der Waals surface area contributed by atoms with Crippen LogP contribution < -0.4 is 4.90 Å². The molecule has 1 aliphatic carbocycles. The molecule has 0 radical (unpaired) electrons. The average Bonchev–Trinajstić information content (AvgIpc) is 3.10. The van der Waals surface area contributed by atoms with Crippen LogP contribution in [-0.4, -0.2) is 19.4 Å². The number of hydrogen-bond donors (Lipinski definition) is 0. The van der Waals surface area contributed by atoms with Crippen LogP contribution in [0.25, 0.3) is 0 Å². The minimum Gasteiger partial charge on any atom is -0.371 e. The van der Waals surface area contributed by atoms with Crippen molar-refractivity contribution in [1.29, 1.82) is 0 Å². The fourth-order valence-electron chi connectivity index (χ4n) is 2.79. The van der Waals surface area contributed by atoms with E-state index >= 15 is 0 Å². The Hall–Kier alpha value is -0.580. The summed E-state index contributed by atoms with van der Waals surface area (Å²) in [4.78, 5) is 13.5. The molecule has 1 aromatic carbocycles. The van der Waals surface area contributed by atoms with Gasteiger partial charge >= 0.3 is 0 Å². The molecule has 0 unspecified atom stereocenters. The summed E-state index contributed by atoms with van der Waals surface area (Å²) < 4.78 is 1.20. The summed E-state index contributed by atoms with van der Waals surface area (Å²) >= 11 is 2.31. The lowest BCUT2D eigenvalue weighted by Gasteiger charge is -2.34. The molecule has 2 aliphatic rings. The Labute approximate surface area is 116 Å². The minimum atomic E-state index is 0.694. The molecule has 1 spiro atoms. The summed E-state index contributed by atoms with van der Waals surface area (Å²) in [5, 5.41) is 0. The molecule has 1 aromatic rings. The highest BCUT2D eigenvalue weighted by Crippen LogP contribution is 2.54. The topological polar surface area (TPSA) is 20.3 Å². The maximum absolute atomic E-state index is 11.1. The predicted octanol–water partition coefficient (Wildman–Crippen LogP) is 3.48. The number of aldehydes is 1. The Morgan fingerprint density at radius 3 is 2.47 bits per heavy atom. The highest BCUT2D eigenvalue weighted by atomic mass is 127. The fourth-order valence-corrected chi connectivity index (χ4v) is 3.26. The molecule has 90 valence electrons. The van der Waals surface area contributed by atoms with Crippen LogP contribution in [-0.2, 0) is 0 Å². The third-order valence-electron chi connectivity index (χ3n) is 4.24. The van der Waals surface area contributed by atoms with Crippen LogP contribution in [0.1, 0.15) is 36.0 Å². The van der Waals surface area contributed by atoms with Gasteiger partial charge in [0.25, 0.3) is 0 Å². The highest BCUT2D eigenvalue weighted by molar-refractivity contribution is 14.1. The molecule has 2 fully saturated rings. The smallest absolute Gasteiger partial charge is 0.152 e. The number of carbonyl (C=O) groups is 1. The van der Waals surface area contributed by atoms with E-state index in [2.05, 4.69) is 33.6 Å². The molecule has 1 heterocycles. The van der Waals surface area contributed by atoms with E-state index in [0.717, 1.165) is 30.6 Å². The number of carbonyl (C=O) groups excluding carboxylic acids is 1. The molecule has 1 aliphatic heterocycles. The van der Waals surface area contributed by atoms with E-state index in [1.54, 1.807) is 0 Å². The van der Waals surface area contributed by atoms with Gasteiger partial charge in [0, 0.05) is 27.9 Å². The van der Waals surface area contributed by atoms with Gasteiger partial charge in [0.15, 0.2) is 6.29 Å². The monoisotopic (exact) mass is 341 g/mol. The lowest BCUT2D eigenvalue weighted by molar-refractivity contribution is 0.112. The van der Waals surface area contributed by atoms with Crippen LogP contribution in [0.5, 0.6) is 0 Å². The molecule has 3 rings (SSSR count). The van der Waals surface area contributed by atoms with Crippen molar-refractivity contribution in [3.63, 3.8) is 0 Å². The van der Waals surface area contributed by atoms with Gasteiger partial charge in [0.05, 0.1) is 0 Å². The van der Waals surface area contributed by atoms with Gasteiger partial charge in [-0.1, -0.05) is 0 Å². The summed E-state index contributed by atoms with van der Waals surface area (Å²) in [5.41, 5.74) is 2.65. The maximum atomic E-state index is 11.1. The van der Waals surface area contributed by atoms with E-state index in [1.165, 1.54) is 29.3 Å². The molecular weight excluding hydrogens is 325 g/mol. The van der Waals surface area contributed by atoms with E-state index in [9.17, 15) is 4.79 Å². The van der Waals surface area contributed by atoms with Gasteiger partial charge in [0.2, 0.25) is 0 Å². The van der Waals surface area contributed by atoms with Crippen LogP contribution >= 0.6 is 22.6 Å². The first-order chi connectivity index (χ1) is 8.22. The third kappa shape index (κ3) is 2.21. The second kappa shape index (κ2) is 4.26. The SMILES string of the molecule is O=Cc1ccc(I)cc1N1CCC2(CC1)CC2. The number of anilines is 1. The van der Waals surface area contributed by atoms with Crippen LogP contribution in [0.15, 0.2) is 18.2 Å². The summed E-state index contributed by atoms with van der Waals surface area (Å²) in [6.45, 7) is 2.22. The van der Waals surface area contributed by atoms with Crippen molar-refractivity contribution in [2.24, 2.45) is 5.41 Å². The van der Waals surface area contributed by atoms with Crippen molar-refractivity contribution < 1.29 is 4.79 Å². The largest absolute Gasteiger partial charge is 0.371 e. The first-order valence-electron chi connectivity index (χ1n) is 6.22. The van der Waals surface area contributed by atoms with Crippen LogP contribution in [0.2, 0.25) is 0 Å². The molecule has 0 bridgehead atoms. The van der Waals surface area contributed by atoms with Gasteiger partial charge in [-0.15, -0.1) is 0 Å². The number of halogens is 1. The molecule has 0 N–H and O–H groups in total. The van der Waals surface area contributed by atoms with Crippen molar-refractivity contribution >= 4 is 34.6 Å². The molecule has 17 heavy (non-hydrogen) atoms. The van der Waals surface area contributed by atoms with E-state index in [4.69, 9.17) is 0 Å². The zero-order valence-corrected chi connectivity index (χ0v) is 11.9. The lowest BCUT2D eigenvalue weighted by atomic mass is 9.93. The summed E-state index contributed by atoms with van der Waals surface area (Å²) in [6, 6.07) is 6.07. The Balaban J connectivity index is 1.83. The fraction of sp³-hybridized carbons (Fsp3) is 0.500. The van der Waals surface area contributed by atoms with Gasteiger partial charge in [-0.05, 0) is 71.9 Å². The Morgan fingerprint density at radius 1 is 1.18 bits per heavy atom. The van der Waals surface area contributed by atoms with Crippen LogP contribution in [0, 0.1) is 8.99 Å². The molecule has 1 saturated heterocycles. The minimum absolute atomic E-state index is 0.694. The average molecular weight is 341 g/mol. The molecule has 3 heteroatoms. The third-order valence-corrected chi connectivity index (χ3v) is 4.91. The van der Waals surface area contributed by atoms with Crippen molar-refractivity contribution in [1.82, 2.24) is 0 Å². The van der Waals surface area contributed by atoms with E-state index in [-0.39, 0.29) is 0 Å². The normalized spacial score (nSPS) is 21.6. The highest BCUT2D eigenvalue weighted by Gasteiger charge is 2.44. The quantitative estimate of drug-likeness (QED) is 0.606. The summed E-state index contributed by atoms with van der Waals surface area (Å²) in [7, 11) is 0. The van der Waals surface area contributed by atoms with Gasteiger partial charge in [0.1, 0.15) is 0 Å². The van der Waals surface area contributed by atoms with Gasteiger partial charge in [-0.3, -0.25) is 4.79 Å². The van der Waals surface area contributed by atoms with Crippen LogP contribution in [0.4, 0.5) is 5.69 Å². The Morgan fingerprint density at radius 2 is 1.88 bits per heavy atom. The zero-order chi connectivity index (χ0) is 11.9. The zero-order valence-electron chi connectivity index (χ0n) is 9.79. The van der Waals surface area contributed by atoms with Crippen molar-refractivity contribution in [2.45, 2.75) is 25.7 Å². The number of nitrogens with zero attached hydrogens (tertiary/aromatic N) is 1. The number of piperidine rings is 1. The summed E-state index contributed by atoms with van der Waals surface area (Å²) in [6.07, 6.45) is 6.43. The van der Waals surface area contributed by atoms with Gasteiger partial charge < -0.3 is 4.90 Å². The summed E-state index contributed by atoms with van der Waals surface area (Å²) in [5.74, 6) is 0. The predicted molar refractivity (Wildman–Crippen MR) is 77.7 cm³/mol. The number of benzene rings is 1. The van der Waals surface area contributed by atoms with Gasteiger partial charge in [-0.2, -0.15) is 0 Å². The van der Waals surface area contributed by atoms with E-state index in [1.807, 2.05) is 12.1 Å². The molecule has 0 amide bonds. The standard InChI is InChI=1S/C14H16INO/c15-12-2-1-11(10-17)13(9-12)16-7-5-14(3-4-14)6-8-16/h1-2,9-10H,3-8H2. The molecule has 0 aromatic heterocycles.